The molecular weight excluding hydrogens is 274 g/mol. The van der Waals surface area contributed by atoms with E-state index in [9.17, 15) is 0 Å². The molecule has 0 bridgehead atoms. The van der Waals surface area contributed by atoms with Gasteiger partial charge in [-0.05, 0) is 56.3 Å². The molecule has 0 aliphatic carbocycles. The van der Waals surface area contributed by atoms with Gasteiger partial charge in [-0.25, -0.2) is 4.98 Å². The molecule has 2 aromatic heterocycles. The zero-order valence-corrected chi connectivity index (χ0v) is 13.0. The summed E-state index contributed by atoms with van der Waals surface area (Å²) in [6.07, 6.45) is 2.85. The molecule has 0 unspecified atom stereocenters. The molecule has 0 radical (unpaired) electrons. The van der Waals surface area contributed by atoms with Crippen LogP contribution in [-0.4, -0.2) is 22.5 Å². The van der Waals surface area contributed by atoms with Crippen LogP contribution in [0, 0.1) is 6.92 Å². The van der Waals surface area contributed by atoms with E-state index < -0.39 is 0 Å². The second-order valence-electron chi connectivity index (χ2n) is 5.29. The van der Waals surface area contributed by atoms with Crippen LogP contribution in [0.5, 0.6) is 5.75 Å². The quantitative estimate of drug-likeness (QED) is 0.786. The highest BCUT2D eigenvalue weighted by Crippen LogP contribution is 2.27. The van der Waals surface area contributed by atoms with Crippen molar-refractivity contribution in [2.45, 2.75) is 20.3 Å². The van der Waals surface area contributed by atoms with Crippen molar-refractivity contribution >= 4 is 5.65 Å². The highest BCUT2D eigenvalue weighted by Gasteiger charge is 2.14. The number of ether oxygens (including phenoxy) is 1. The molecule has 0 atom stereocenters. The van der Waals surface area contributed by atoms with Gasteiger partial charge in [-0.15, -0.1) is 0 Å². The third kappa shape index (κ3) is 2.57. The molecule has 0 saturated heterocycles. The molecule has 2 heterocycles. The van der Waals surface area contributed by atoms with E-state index in [-0.39, 0.29) is 0 Å². The molecular formula is C18H21N3O. The molecule has 0 saturated carbocycles. The molecule has 4 nitrogen and oxygen atoms in total. The number of fused-ring (bicyclic) bond motifs is 1. The molecule has 2 N–H and O–H groups in total. The summed E-state index contributed by atoms with van der Waals surface area (Å²) in [4.78, 5) is 4.84. The Bertz CT molecular complexity index is 775. The fourth-order valence-electron chi connectivity index (χ4n) is 2.74. The van der Waals surface area contributed by atoms with E-state index in [2.05, 4.69) is 35.7 Å². The van der Waals surface area contributed by atoms with Crippen LogP contribution in [0.25, 0.3) is 16.9 Å². The fourth-order valence-corrected chi connectivity index (χ4v) is 2.74. The second kappa shape index (κ2) is 6.20. The number of nitrogens with zero attached hydrogens (tertiary/aromatic N) is 2. The molecule has 3 aromatic rings. The van der Waals surface area contributed by atoms with Crippen LogP contribution in [0.15, 0.2) is 42.6 Å². The summed E-state index contributed by atoms with van der Waals surface area (Å²) in [5.41, 5.74) is 11.2. The predicted molar refractivity (Wildman–Crippen MR) is 89.3 cm³/mol. The third-order valence-electron chi connectivity index (χ3n) is 3.76. The molecule has 22 heavy (non-hydrogen) atoms. The van der Waals surface area contributed by atoms with Gasteiger partial charge in [0, 0.05) is 18.2 Å². The van der Waals surface area contributed by atoms with Gasteiger partial charge in [0.15, 0.2) is 0 Å². The number of benzene rings is 1. The third-order valence-corrected chi connectivity index (χ3v) is 3.76. The van der Waals surface area contributed by atoms with Crippen LogP contribution in [0.4, 0.5) is 0 Å². The van der Waals surface area contributed by atoms with E-state index >= 15 is 0 Å². The highest BCUT2D eigenvalue weighted by molar-refractivity contribution is 5.68. The molecule has 0 aliphatic rings. The van der Waals surface area contributed by atoms with Gasteiger partial charge >= 0.3 is 0 Å². The number of aryl methyl sites for hydroxylation is 1. The first-order chi connectivity index (χ1) is 10.7. The summed E-state index contributed by atoms with van der Waals surface area (Å²) in [6.45, 7) is 5.34. The molecule has 114 valence electrons. The number of aromatic nitrogens is 2. The maximum Gasteiger partial charge on any atom is 0.140 e. The van der Waals surface area contributed by atoms with Crippen LogP contribution in [0.3, 0.4) is 0 Å². The number of hydrogen-bond acceptors (Lipinski definition) is 3. The molecule has 0 spiro atoms. The first-order valence-electron chi connectivity index (χ1n) is 7.64. The first-order valence-corrected chi connectivity index (χ1v) is 7.64. The normalized spacial score (nSPS) is 11.0. The molecule has 3 rings (SSSR count). The van der Waals surface area contributed by atoms with Crippen LogP contribution in [-0.2, 0) is 6.42 Å². The Labute approximate surface area is 130 Å². The van der Waals surface area contributed by atoms with Crippen molar-refractivity contribution in [1.82, 2.24) is 9.38 Å². The lowest BCUT2D eigenvalue weighted by atomic mass is 10.1. The van der Waals surface area contributed by atoms with Crippen LogP contribution >= 0.6 is 0 Å². The van der Waals surface area contributed by atoms with Crippen LogP contribution in [0.2, 0.25) is 0 Å². The zero-order valence-electron chi connectivity index (χ0n) is 13.0. The minimum atomic E-state index is 0.603. The highest BCUT2D eigenvalue weighted by atomic mass is 16.5. The Morgan fingerprint density at radius 1 is 1.18 bits per heavy atom. The lowest BCUT2D eigenvalue weighted by molar-refractivity contribution is 0.340. The largest absolute Gasteiger partial charge is 0.494 e. The van der Waals surface area contributed by atoms with E-state index in [4.69, 9.17) is 15.5 Å². The van der Waals surface area contributed by atoms with Crippen LogP contribution in [0.1, 0.15) is 18.2 Å². The maximum absolute atomic E-state index is 5.80. The Hall–Kier alpha value is -2.33. The monoisotopic (exact) mass is 295 g/mol. The standard InChI is InChI=1S/C18H21N3O/c1-3-22-15-8-6-14(7-9-15)17-16(10-11-19)21-12-4-5-13(2)18(21)20-17/h4-9,12H,3,10-11,19H2,1-2H3. The van der Waals surface area contributed by atoms with Crippen molar-refractivity contribution in [2.75, 3.05) is 13.2 Å². The van der Waals surface area contributed by atoms with E-state index in [1.165, 1.54) is 0 Å². The Balaban J connectivity index is 2.12. The van der Waals surface area contributed by atoms with E-state index in [1.54, 1.807) is 0 Å². The topological polar surface area (TPSA) is 52.5 Å². The minimum Gasteiger partial charge on any atom is -0.494 e. The van der Waals surface area contributed by atoms with Gasteiger partial charge in [-0.1, -0.05) is 6.07 Å². The van der Waals surface area contributed by atoms with Crippen molar-refractivity contribution in [3.05, 3.63) is 53.9 Å². The van der Waals surface area contributed by atoms with E-state index in [1.807, 2.05) is 25.1 Å². The van der Waals surface area contributed by atoms with Gasteiger partial charge in [0.05, 0.1) is 18.0 Å². The number of nitrogens with two attached hydrogens (primary N) is 1. The Morgan fingerprint density at radius 2 is 1.95 bits per heavy atom. The number of imidazole rings is 1. The summed E-state index contributed by atoms with van der Waals surface area (Å²) < 4.78 is 7.65. The number of rotatable bonds is 5. The van der Waals surface area contributed by atoms with Crippen molar-refractivity contribution in [3.63, 3.8) is 0 Å². The average molecular weight is 295 g/mol. The summed E-state index contributed by atoms with van der Waals surface area (Å²) in [6, 6.07) is 12.2. The van der Waals surface area contributed by atoms with E-state index in [0.29, 0.717) is 13.2 Å². The van der Waals surface area contributed by atoms with Crippen LogP contribution < -0.4 is 10.5 Å². The second-order valence-corrected chi connectivity index (χ2v) is 5.29. The van der Waals surface area contributed by atoms with Crippen molar-refractivity contribution in [2.24, 2.45) is 5.73 Å². The Kier molecular flexibility index (Phi) is 4.11. The molecule has 0 aliphatic heterocycles. The average Bonchev–Trinajstić information content (AvgIpc) is 2.89. The van der Waals surface area contributed by atoms with Gasteiger partial charge in [0.25, 0.3) is 0 Å². The summed E-state index contributed by atoms with van der Waals surface area (Å²) in [5.74, 6) is 0.881. The number of pyridine rings is 1. The summed E-state index contributed by atoms with van der Waals surface area (Å²) >= 11 is 0. The Morgan fingerprint density at radius 3 is 2.64 bits per heavy atom. The maximum atomic E-state index is 5.80. The van der Waals surface area contributed by atoms with Gasteiger partial charge in [0.1, 0.15) is 11.4 Å². The lowest BCUT2D eigenvalue weighted by Gasteiger charge is -2.06. The van der Waals surface area contributed by atoms with E-state index in [0.717, 1.165) is 40.3 Å². The van der Waals surface area contributed by atoms with Crippen molar-refractivity contribution in [1.29, 1.82) is 0 Å². The predicted octanol–water partition coefficient (Wildman–Crippen LogP) is 3.21. The van der Waals surface area contributed by atoms with Gasteiger partial charge in [0.2, 0.25) is 0 Å². The smallest absolute Gasteiger partial charge is 0.140 e. The molecule has 0 amide bonds. The van der Waals surface area contributed by atoms with Gasteiger partial charge in [-0.2, -0.15) is 0 Å². The van der Waals surface area contributed by atoms with Crippen molar-refractivity contribution < 1.29 is 4.74 Å². The lowest BCUT2D eigenvalue weighted by Crippen LogP contribution is -2.06. The molecule has 1 aromatic carbocycles. The van der Waals surface area contributed by atoms with Crippen molar-refractivity contribution in [3.8, 4) is 17.0 Å². The summed E-state index contributed by atoms with van der Waals surface area (Å²) in [5, 5.41) is 0. The van der Waals surface area contributed by atoms with Gasteiger partial charge < -0.3 is 14.9 Å². The SMILES string of the molecule is CCOc1ccc(-c2nc3c(C)cccn3c2CCN)cc1. The zero-order chi connectivity index (χ0) is 15.5. The molecule has 4 heteroatoms. The summed E-state index contributed by atoms with van der Waals surface area (Å²) in [7, 11) is 0. The molecule has 0 fully saturated rings. The van der Waals surface area contributed by atoms with Gasteiger partial charge in [-0.3, -0.25) is 0 Å². The fraction of sp³-hybridized carbons (Fsp3) is 0.278. The first kappa shape index (κ1) is 14.6. The number of hydrogen-bond donors (Lipinski definition) is 1. The minimum absolute atomic E-state index is 0.603.